The largest absolute Gasteiger partial charge is 0.480 e. The van der Waals surface area contributed by atoms with Crippen LogP contribution in [0.25, 0.3) is 0 Å². The van der Waals surface area contributed by atoms with Gasteiger partial charge in [-0.25, -0.2) is 0 Å². The molecule has 2 N–H and O–H groups in total. The lowest BCUT2D eigenvalue weighted by Crippen LogP contribution is -2.20. The molecule has 0 amide bonds. The summed E-state index contributed by atoms with van der Waals surface area (Å²) in [7, 11) is 0. The molecule has 0 aliphatic rings. The third-order valence-corrected chi connectivity index (χ3v) is 1.32. The highest BCUT2D eigenvalue weighted by atomic mass is 16.4. The summed E-state index contributed by atoms with van der Waals surface area (Å²) in [5, 5.41) is 16.9. The lowest BCUT2D eigenvalue weighted by atomic mass is 10.1. The molecule has 0 heterocycles. The monoisotopic (exact) mass is 184 g/mol. The van der Waals surface area contributed by atoms with Crippen LogP contribution in [-0.2, 0) is 9.59 Å². The van der Waals surface area contributed by atoms with Crippen LogP contribution >= 0.6 is 0 Å². The third-order valence-electron chi connectivity index (χ3n) is 1.32. The first-order valence-electron chi connectivity index (χ1n) is 3.88. The highest BCUT2D eigenvalue weighted by Gasteiger charge is 2.21. The van der Waals surface area contributed by atoms with Crippen LogP contribution in [0.2, 0.25) is 0 Å². The zero-order valence-corrected chi connectivity index (χ0v) is 7.30. The molecular formula is C9H12O4. The van der Waals surface area contributed by atoms with Gasteiger partial charge in [0.25, 0.3) is 0 Å². The van der Waals surface area contributed by atoms with Gasteiger partial charge in [0, 0.05) is 0 Å². The molecule has 72 valence electrons. The first kappa shape index (κ1) is 11.4. The number of carboxylic acid groups (broad SMARTS) is 2. The van der Waals surface area contributed by atoms with Crippen LogP contribution in [0.4, 0.5) is 0 Å². The Morgan fingerprint density at radius 3 is 2.15 bits per heavy atom. The maximum Gasteiger partial charge on any atom is 0.321 e. The van der Waals surface area contributed by atoms with Crippen molar-refractivity contribution in [2.75, 3.05) is 0 Å². The van der Waals surface area contributed by atoms with Gasteiger partial charge in [0.1, 0.15) is 0 Å². The first-order valence-corrected chi connectivity index (χ1v) is 3.88. The van der Waals surface area contributed by atoms with Gasteiger partial charge >= 0.3 is 11.9 Å². The summed E-state index contributed by atoms with van der Waals surface area (Å²) in [5.41, 5.74) is 0. The number of carbonyl (C=O) groups is 2. The maximum absolute atomic E-state index is 10.3. The minimum absolute atomic E-state index is 0.829. The predicted molar refractivity (Wildman–Crippen MR) is 47.3 cm³/mol. The van der Waals surface area contributed by atoms with E-state index in [1.807, 2.05) is 6.92 Å². The van der Waals surface area contributed by atoms with Crippen molar-refractivity contribution in [3.05, 3.63) is 24.3 Å². The van der Waals surface area contributed by atoms with Crippen molar-refractivity contribution in [3.8, 4) is 0 Å². The third kappa shape index (κ3) is 4.79. The van der Waals surface area contributed by atoms with Crippen LogP contribution in [0.1, 0.15) is 13.3 Å². The van der Waals surface area contributed by atoms with Crippen LogP contribution in [0.3, 0.4) is 0 Å². The second-order valence-electron chi connectivity index (χ2n) is 2.38. The van der Waals surface area contributed by atoms with Crippen molar-refractivity contribution in [2.45, 2.75) is 13.3 Å². The van der Waals surface area contributed by atoms with Gasteiger partial charge in [0.2, 0.25) is 0 Å². The summed E-state index contributed by atoms with van der Waals surface area (Å²) >= 11 is 0. The summed E-state index contributed by atoms with van der Waals surface area (Å²) < 4.78 is 0. The Labute approximate surface area is 76.2 Å². The van der Waals surface area contributed by atoms with Gasteiger partial charge in [0.15, 0.2) is 5.92 Å². The quantitative estimate of drug-likeness (QED) is 0.498. The van der Waals surface area contributed by atoms with Crippen molar-refractivity contribution in [3.63, 3.8) is 0 Å². The molecule has 0 fully saturated rings. The average Bonchev–Trinajstić information content (AvgIpc) is 2.02. The minimum Gasteiger partial charge on any atom is -0.480 e. The number of allylic oxidation sites excluding steroid dienone is 3. The molecule has 0 unspecified atom stereocenters. The Morgan fingerprint density at radius 1 is 1.23 bits per heavy atom. The van der Waals surface area contributed by atoms with E-state index in [2.05, 4.69) is 0 Å². The van der Waals surface area contributed by atoms with Gasteiger partial charge in [-0.15, -0.1) is 0 Å². The van der Waals surface area contributed by atoms with Gasteiger partial charge < -0.3 is 10.2 Å². The lowest BCUT2D eigenvalue weighted by Gasteiger charge is -1.98. The van der Waals surface area contributed by atoms with E-state index in [9.17, 15) is 9.59 Å². The van der Waals surface area contributed by atoms with E-state index in [0.717, 1.165) is 12.5 Å². The molecule has 4 heteroatoms. The summed E-state index contributed by atoms with van der Waals surface area (Å²) in [6.45, 7) is 1.93. The molecule has 0 atom stereocenters. The van der Waals surface area contributed by atoms with Crippen molar-refractivity contribution >= 4 is 11.9 Å². The molecule has 0 aliphatic heterocycles. The second-order valence-corrected chi connectivity index (χ2v) is 2.38. The maximum atomic E-state index is 10.3. The molecule has 0 saturated heterocycles. The van der Waals surface area contributed by atoms with E-state index in [1.54, 1.807) is 12.2 Å². The minimum atomic E-state index is -1.46. The van der Waals surface area contributed by atoms with E-state index < -0.39 is 17.9 Å². The summed E-state index contributed by atoms with van der Waals surface area (Å²) in [6, 6.07) is 0. The molecule has 0 rings (SSSR count). The summed E-state index contributed by atoms with van der Waals surface area (Å²) in [5.74, 6) is -4.16. The Hall–Kier alpha value is -1.58. The smallest absolute Gasteiger partial charge is 0.321 e. The molecule has 0 aromatic heterocycles. The number of hydrogen-bond acceptors (Lipinski definition) is 2. The Morgan fingerprint density at radius 2 is 1.77 bits per heavy atom. The number of rotatable bonds is 5. The van der Waals surface area contributed by atoms with Crippen molar-refractivity contribution in [1.29, 1.82) is 0 Å². The van der Waals surface area contributed by atoms with Gasteiger partial charge in [-0.3, -0.25) is 9.59 Å². The van der Waals surface area contributed by atoms with E-state index >= 15 is 0 Å². The fourth-order valence-electron chi connectivity index (χ4n) is 0.660. The average molecular weight is 184 g/mol. The summed E-state index contributed by atoms with van der Waals surface area (Å²) in [6.07, 6.45) is 6.82. The van der Waals surface area contributed by atoms with Crippen LogP contribution in [0, 0.1) is 5.92 Å². The second kappa shape index (κ2) is 5.99. The fourth-order valence-corrected chi connectivity index (χ4v) is 0.660. The Bertz CT molecular complexity index is 226. The molecular weight excluding hydrogens is 172 g/mol. The van der Waals surface area contributed by atoms with E-state index in [1.165, 1.54) is 6.08 Å². The van der Waals surface area contributed by atoms with Gasteiger partial charge in [0.05, 0.1) is 0 Å². The molecule has 0 bridgehead atoms. The highest BCUT2D eigenvalue weighted by Crippen LogP contribution is 1.99. The van der Waals surface area contributed by atoms with Crippen LogP contribution < -0.4 is 0 Å². The van der Waals surface area contributed by atoms with E-state index in [0.29, 0.717) is 0 Å². The fraction of sp³-hybridized carbons (Fsp3) is 0.333. The number of hydrogen-bond donors (Lipinski definition) is 2. The van der Waals surface area contributed by atoms with Crippen molar-refractivity contribution < 1.29 is 19.8 Å². The Kier molecular flexibility index (Phi) is 5.27. The lowest BCUT2D eigenvalue weighted by molar-refractivity contribution is -0.151. The number of carboxylic acids is 2. The van der Waals surface area contributed by atoms with Crippen molar-refractivity contribution in [2.24, 2.45) is 5.92 Å². The van der Waals surface area contributed by atoms with Gasteiger partial charge in [-0.1, -0.05) is 31.2 Å². The predicted octanol–water partition coefficient (Wildman–Crippen LogP) is 1.29. The first-order chi connectivity index (χ1) is 6.09. The molecule has 0 spiro atoms. The molecule has 0 aromatic carbocycles. The molecule has 0 radical (unpaired) electrons. The van der Waals surface area contributed by atoms with Crippen LogP contribution in [0.5, 0.6) is 0 Å². The molecule has 0 saturated carbocycles. The van der Waals surface area contributed by atoms with Crippen LogP contribution in [0.15, 0.2) is 24.3 Å². The topological polar surface area (TPSA) is 74.6 Å². The van der Waals surface area contributed by atoms with E-state index in [4.69, 9.17) is 10.2 Å². The van der Waals surface area contributed by atoms with Crippen LogP contribution in [-0.4, -0.2) is 22.2 Å². The highest BCUT2D eigenvalue weighted by molar-refractivity contribution is 5.95. The molecule has 0 aliphatic carbocycles. The normalized spacial score (nSPS) is 11.5. The van der Waals surface area contributed by atoms with Crippen molar-refractivity contribution in [1.82, 2.24) is 0 Å². The standard InChI is InChI=1S/C9H12O4/c1-2-3-4-5-6-7(8(10)11)9(12)13/h3-7H,2H2,1H3,(H,10,11)(H,12,13)/b4-3+,6-5+. The van der Waals surface area contributed by atoms with Gasteiger partial charge in [-0.05, 0) is 6.42 Å². The molecule has 13 heavy (non-hydrogen) atoms. The number of aliphatic carboxylic acids is 2. The Balaban J connectivity index is 4.26. The zero-order valence-electron chi connectivity index (χ0n) is 7.30. The van der Waals surface area contributed by atoms with E-state index in [-0.39, 0.29) is 0 Å². The molecule has 0 aromatic rings. The zero-order chi connectivity index (χ0) is 10.3. The summed E-state index contributed by atoms with van der Waals surface area (Å²) in [4.78, 5) is 20.7. The molecule has 4 nitrogen and oxygen atoms in total. The van der Waals surface area contributed by atoms with Gasteiger partial charge in [-0.2, -0.15) is 0 Å². The SMILES string of the molecule is CC/C=C/C=C/C(C(=O)O)C(=O)O.